The van der Waals surface area contributed by atoms with Gasteiger partial charge in [-0.25, -0.2) is 4.79 Å². The highest BCUT2D eigenvalue weighted by atomic mass is 16.4. The minimum Gasteiger partial charge on any atom is -0.408 e. The molecule has 25 heavy (non-hydrogen) atoms. The molecular weight excluding hydrogens is 322 g/mol. The van der Waals surface area contributed by atoms with Crippen molar-refractivity contribution in [1.29, 1.82) is 0 Å². The number of rotatable bonds is 2. The van der Waals surface area contributed by atoms with Gasteiger partial charge in [-0.05, 0) is 23.6 Å². The van der Waals surface area contributed by atoms with Crippen LogP contribution in [0.15, 0.2) is 27.4 Å². The van der Waals surface area contributed by atoms with Gasteiger partial charge in [-0.1, -0.05) is 20.8 Å². The van der Waals surface area contributed by atoms with Crippen LogP contribution in [0.3, 0.4) is 0 Å². The summed E-state index contributed by atoms with van der Waals surface area (Å²) < 4.78 is 4.95. The van der Waals surface area contributed by atoms with Crippen molar-refractivity contribution in [3.05, 3.63) is 34.3 Å². The number of piperazine rings is 1. The van der Waals surface area contributed by atoms with Gasteiger partial charge in [0.2, 0.25) is 5.91 Å². The van der Waals surface area contributed by atoms with Crippen molar-refractivity contribution in [3.63, 3.8) is 0 Å². The van der Waals surface area contributed by atoms with E-state index in [1.54, 1.807) is 23.1 Å². The molecule has 0 aliphatic carbocycles. The number of amides is 2. The van der Waals surface area contributed by atoms with E-state index in [2.05, 4.69) is 4.98 Å². The Balaban J connectivity index is 1.64. The zero-order valence-electron chi connectivity index (χ0n) is 14.8. The van der Waals surface area contributed by atoms with Crippen molar-refractivity contribution >= 4 is 22.9 Å². The molecule has 2 aromatic rings. The fourth-order valence-corrected chi connectivity index (χ4v) is 2.99. The second kappa shape index (κ2) is 6.38. The van der Waals surface area contributed by atoms with E-state index in [1.165, 1.54) is 0 Å². The van der Waals surface area contributed by atoms with Crippen LogP contribution in [0.25, 0.3) is 11.1 Å². The van der Waals surface area contributed by atoms with Crippen molar-refractivity contribution in [2.75, 3.05) is 26.2 Å². The third-order valence-corrected chi connectivity index (χ3v) is 4.27. The zero-order valence-corrected chi connectivity index (χ0v) is 14.8. The number of hydrogen-bond acceptors (Lipinski definition) is 4. The molecule has 2 amide bonds. The van der Waals surface area contributed by atoms with Gasteiger partial charge in [-0.3, -0.25) is 14.6 Å². The smallest absolute Gasteiger partial charge is 0.408 e. The Labute approximate surface area is 145 Å². The molecule has 0 radical (unpaired) electrons. The molecule has 7 nitrogen and oxygen atoms in total. The summed E-state index contributed by atoms with van der Waals surface area (Å²) in [6, 6.07) is 4.89. The molecule has 1 aromatic carbocycles. The summed E-state index contributed by atoms with van der Waals surface area (Å²) in [7, 11) is 0. The lowest BCUT2D eigenvalue weighted by Crippen LogP contribution is -2.51. The van der Waals surface area contributed by atoms with E-state index in [0.29, 0.717) is 49.3 Å². The molecule has 134 valence electrons. The number of carbonyl (C=O) groups is 2. The van der Waals surface area contributed by atoms with Crippen molar-refractivity contribution in [1.82, 2.24) is 14.8 Å². The third-order valence-electron chi connectivity index (χ3n) is 4.27. The van der Waals surface area contributed by atoms with Crippen LogP contribution in [0.4, 0.5) is 0 Å². The molecule has 1 fully saturated rings. The molecule has 1 aliphatic rings. The summed E-state index contributed by atoms with van der Waals surface area (Å²) in [5.74, 6) is -0.505. The molecule has 1 aliphatic heterocycles. The fourth-order valence-electron chi connectivity index (χ4n) is 2.99. The van der Waals surface area contributed by atoms with E-state index in [4.69, 9.17) is 4.42 Å². The molecule has 0 saturated carbocycles. The highest BCUT2D eigenvalue weighted by molar-refractivity contribution is 5.97. The van der Waals surface area contributed by atoms with Gasteiger partial charge >= 0.3 is 5.76 Å². The lowest BCUT2D eigenvalue weighted by molar-refractivity contribution is -0.134. The highest BCUT2D eigenvalue weighted by Crippen LogP contribution is 2.21. The van der Waals surface area contributed by atoms with E-state index in [-0.39, 0.29) is 17.2 Å². The maximum absolute atomic E-state index is 12.7. The summed E-state index contributed by atoms with van der Waals surface area (Å²) in [5, 5.41) is 0. The first-order valence-corrected chi connectivity index (χ1v) is 8.43. The predicted octanol–water partition coefficient (Wildman–Crippen LogP) is 1.84. The Hall–Kier alpha value is -2.57. The molecule has 1 saturated heterocycles. The van der Waals surface area contributed by atoms with Crippen molar-refractivity contribution < 1.29 is 14.0 Å². The molecule has 3 rings (SSSR count). The van der Waals surface area contributed by atoms with Gasteiger partial charge in [0.15, 0.2) is 5.58 Å². The van der Waals surface area contributed by atoms with Crippen molar-refractivity contribution in [3.8, 4) is 0 Å². The van der Waals surface area contributed by atoms with Gasteiger partial charge in [0, 0.05) is 38.2 Å². The Kier molecular flexibility index (Phi) is 4.41. The van der Waals surface area contributed by atoms with Crippen LogP contribution in [0.5, 0.6) is 0 Å². The zero-order chi connectivity index (χ0) is 18.2. The molecule has 0 bridgehead atoms. The number of aromatic amines is 1. The minimum atomic E-state index is -0.537. The van der Waals surface area contributed by atoms with Gasteiger partial charge in [-0.2, -0.15) is 0 Å². The quantitative estimate of drug-likeness (QED) is 0.900. The Morgan fingerprint density at radius 2 is 1.76 bits per heavy atom. The molecule has 0 spiro atoms. The van der Waals surface area contributed by atoms with Gasteiger partial charge < -0.3 is 14.2 Å². The second-order valence-electron chi connectivity index (χ2n) is 7.64. The molecule has 2 heterocycles. The number of benzene rings is 1. The van der Waals surface area contributed by atoms with Crippen molar-refractivity contribution in [2.45, 2.75) is 27.2 Å². The standard InChI is InChI=1S/C18H23N3O4/c1-18(2,3)11-15(22)20-6-8-21(9-7-20)16(23)12-4-5-14-13(10-12)19-17(24)25-14/h4-5,10H,6-9,11H2,1-3H3,(H,19,24). The maximum Gasteiger partial charge on any atom is 0.417 e. The monoisotopic (exact) mass is 345 g/mol. The topological polar surface area (TPSA) is 86.6 Å². The fraction of sp³-hybridized carbons (Fsp3) is 0.500. The minimum absolute atomic E-state index is 0.0407. The first kappa shape index (κ1) is 17.3. The van der Waals surface area contributed by atoms with E-state index in [1.807, 2.05) is 25.7 Å². The summed E-state index contributed by atoms with van der Waals surface area (Å²) >= 11 is 0. The molecule has 0 unspecified atom stereocenters. The second-order valence-corrected chi connectivity index (χ2v) is 7.64. The SMILES string of the molecule is CC(C)(C)CC(=O)N1CCN(C(=O)c2ccc3oc(=O)[nH]c3c2)CC1. The van der Waals surface area contributed by atoms with Crippen LogP contribution in [0.2, 0.25) is 0 Å². The lowest BCUT2D eigenvalue weighted by Gasteiger charge is -2.36. The van der Waals surface area contributed by atoms with E-state index < -0.39 is 5.76 Å². The maximum atomic E-state index is 12.7. The van der Waals surface area contributed by atoms with Gasteiger partial charge in [0.05, 0.1) is 5.52 Å². The predicted molar refractivity (Wildman–Crippen MR) is 93.4 cm³/mol. The number of carbonyl (C=O) groups excluding carboxylic acids is 2. The number of H-pyrrole nitrogens is 1. The Bertz CT molecular complexity index is 851. The normalized spacial score (nSPS) is 15.6. The molecule has 7 heteroatoms. The van der Waals surface area contributed by atoms with Crippen LogP contribution < -0.4 is 5.76 Å². The first-order valence-electron chi connectivity index (χ1n) is 8.43. The van der Waals surface area contributed by atoms with E-state index >= 15 is 0 Å². The number of aromatic nitrogens is 1. The van der Waals surface area contributed by atoms with Crippen LogP contribution in [-0.4, -0.2) is 52.8 Å². The lowest BCUT2D eigenvalue weighted by atomic mass is 9.91. The molecule has 1 aromatic heterocycles. The number of nitrogens with zero attached hydrogens (tertiary/aromatic N) is 2. The highest BCUT2D eigenvalue weighted by Gasteiger charge is 2.27. The summed E-state index contributed by atoms with van der Waals surface area (Å²) in [6.07, 6.45) is 0.505. The van der Waals surface area contributed by atoms with Gasteiger partial charge in [0.25, 0.3) is 5.91 Å². The molecule has 1 N–H and O–H groups in total. The molecular formula is C18H23N3O4. The van der Waals surface area contributed by atoms with Crippen LogP contribution >= 0.6 is 0 Å². The Morgan fingerprint density at radius 1 is 1.12 bits per heavy atom. The first-order chi connectivity index (χ1) is 11.7. The number of hydrogen-bond donors (Lipinski definition) is 1. The van der Waals surface area contributed by atoms with Crippen LogP contribution in [0, 0.1) is 5.41 Å². The van der Waals surface area contributed by atoms with Crippen LogP contribution in [0.1, 0.15) is 37.6 Å². The Morgan fingerprint density at radius 3 is 2.40 bits per heavy atom. The summed E-state index contributed by atoms with van der Waals surface area (Å²) in [6.45, 7) is 8.24. The van der Waals surface area contributed by atoms with Gasteiger partial charge in [0.1, 0.15) is 0 Å². The van der Waals surface area contributed by atoms with Crippen molar-refractivity contribution in [2.24, 2.45) is 5.41 Å². The molecule has 0 atom stereocenters. The largest absolute Gasteiger partial charge is 0.417 e. The summed E-state index contributed by atoms with van der Waals surface area (Å²) in [5.41, 5.74) is 1.40. The van der Waals surface area contributed by atoms with E-state index in [9.17, 15) is 14.4 Å². The van der Waals surface area contributed by atoms with Crippen LogP contribution in [-0.2, 0) is 4.79 Å². The van der Waals surface area contributed by atoms with Gasteiger partial charge in [-0.15, -0.1) is 0 Å². The number of oxazole rings is 1. The number of nitrogens with one attached hydrogen (secondary N) is 1. The average Bonchev–Trinajstić information content (AvgIpc) is 2.91. The van der Waals surface area contributed by atoms with E-state index in [0.717, 1.165) is 0 Å². The number of fused-ring (bicyclic) bond motifs is 1. The third kappa shape index (κ3) is 3.92. The average molecular weight is 345 g/mol. The summed E-state index contributed by atoms with van der Waals surface area (Å²) in [4.78, 5) is 42.3.